The van der Waals surface area contributed by atoms with Gasteiger partial charge in [0.2, 0.25) is 0 Å². The lowest BCUT2D eigenvalue weighted by Crippen LogP contribution is -2.34. The van der Waals surface area contributed by atoms with E-state index in [-0.39, 0.29) is 5.92 Å². The van der Waals surface area contributed by atoms with E-state index in [9.17, 15) is 4.79 Å². The molecule has 1 heterocycles. The minimum atomic E-state index is 0.254. The van der Waals surface area contributed by atoms with E-state index in [1.165, 1.54) is 61.0 Å². The van der Waals surface area contributed by atoms with Crippen LogP contribution in [0.3, 0.4) is 0 Å². The molecule has 0 bridgehead atoms. The number of hydrogen-bond donors (Lipinski definition) is 0. The van der Waals surface area contributed by atoms with Crippen LogP contribution in [0.15, 0.2) is 42.5 Å². The van der Waals surface area contributed by atoms with Crippen molar-refractivity contribution in [2.45, 2.75) is 57.9 Å². The Morgan fingerprint density at radius 1 is 1.04 bits per heavy atom. The number of carbonyl (C=O) groups excluding carboxylic acids is 1. The molecule has 2 aromatic rings. The molecule has 0 spiro atoms. The Hall–Kier alpha value is -1.93. The molecular formula is C26H31NO. The average molecular weight is 374 g/mol. The van der Waals surface area contributed by atoms with Gasteiger partial charge in [0.1, 0.15) is 0 Å². The number of carbonyl (C=O) groups is 1. The topological polar surface area (TPSA) is 20.3 Å². The highest BCUT2D eigenvalue weighted by Gasteiger charge is 2.43. The first-order valence-corrected chi connectivity index (χ1v) is 11.1. The predicted octanol–water partition coefficient (Wildman–Crippen LogP) is 5.53. The Morgan fingerprint density at radius 3 is 2.68 bits per heavy atom. The standard InChI is InChI=1S/C26H31NO/c1-18-5-2-6-20(15-18)17-27-13-11-19(12-14-27)16-24-22-9-3-7-21-8-4-10-23(25(21)22)26(24)28/h2,4-6,8,10,15,19,22,24H,3,7,9,11-14,16-17H2,1H3. The number of ketones is 1. The molecule has 5 rings (SSSR count). The molecule has 1 fully saturated rings. The molecule has 0 radical (unpaired) electrons. The normalized spacial score (nSPS) is 25.1. The lowest BCUT2D eigenvalue weighted by atomic mass is 9.76. The molecule has 2 atom stereocenters. The van der Waals surface area contributed by atoms with Gasteiger partial charge in [-0.2, -0.15) is 0 Å². The predicted molar refractivity (Wildman–Crippen MR) is 114 cm³/mol. The summed E-state index contributed by atoms with van der Waals surface area (Å²) in [5.74, 6) is 1.93. The summed E-state index contributed by atoms with van der Waals surface area (Å²) in [4.78, 5) is 15.7. The van der Waals surface area contributed by atoms with Crippen molar-refractivity contribution in [3.05, 3.63) is 70.3 Å². The van der Waals surface area contributed by atoms with Crippen LogP contribution >= 0.6 is 0 Å². The molecule has 28 heavy (non-hydrogen) atoms. The first kappa shape index (κ1) is 18.1. The van der Waals surface area contributed by atoms with Crippen LogP contribution in [0.4, 0.5) is 0 Å². The largest absolute Gasteiger partial charge is 0.299 e. The number of aryl methyl sites for hydroxylation is 2. The Balaban J connectivity index is 1.22. The molecule has 0 amide bonds. The molecule has 2 aromatic carbocycles. The van der Waals surface area contributed by atoms with Crippen molar-refractivity contribution in [1.82, 2.24) is 4.90 Å². The van der Waals surface area contributed by atoms with E-state index in [1.807, 2.05) is 0 Å². The Bertz CT molecular complexity index is 878. The summed E-state index contributed by atoms with van der Waals surface area (Å²) >= 11 is 0. The second kappa shape index (κ2) is 7.48. The van der Waals surface area contributed by atoms with Crippen LogP contribution in [0.25, 0.3) is 0 Å². The second-order valence-corrected chi connectivity index (χ2v) is 9.29. The first-order chi connectivity index (χ1) is 13.7. The molecule has 0 N–H and O–H groups in total. The average Bonchev–Trinajstić information content (AvgIpc) is 2.98. The monoisotopic (exact) mass is 373 g/mol. The van der Waals surface area contributed by atoms with Crippen molar-refractivity contribution in [2.75, 3.05) is 13.1 Å². The number of likely N-dealkylation sites (tertiary alicyclic amines) is 1. The SMILES string of the molecule is Cc1cccc(CN2CCC(CC3C(=O)c4cccc5c4C3CCC5)CC2)c1. The van der Waals surface area contributed by atoms with Gasteiger partial charge in [-0.15, -0.1) is 0 Å². The third-order valence-corrected chi connectivity index (χ3v) is 7.40. The molecular weight excluding hydrogens is 342 g/mol. The van der Waals surface area contributed by atoms with E-state index in [4.69, 9.17) is 0 Å². The molecule has 146 valence electrons. The first-order valence-electron chi connectivity index (χ1n) is 11.1. The molecule has 2 unspecified atom stereocenters. The van der Waals surface area contributed by atoms with Gasteiger partial charge in [-0.25, -0.2) is 0 Å². The zero-order valence-corrected chi connectivity index (χ0v) is 17.0. The van der Waals surface area contributed by atoms with Crippen molar-refractivity contribution in [2.24, 2.45) is 11.8 Å². The summed E-state index contributed by atoms with van der Waals surface area (Å²) in [7, 11) is 0. The third kappa shape index (κ3) is 3.33. The van der Waals surface area contributed by atoms with E-state index >= 15 is 0 Å². The van der Waals surface area contributed by atoms with Crippen molar-refractivity contribution in [3.63, 3.8) is 0 Å². The fourth-order valence-corrected chi connectivity index (χ4v) is 6.00. The molecule has 0 saturated carbocycles. The van der Waals surface area contributed by atoms with Crippen LogP contribution in [-0.2, 0) is 13.0 Å². The highest BCUT2D eigenvalue weighted by Crippen LogP contribution is 2.48. The quantitative estimate of drug-likeness (QED) is 0.702. The molecule has 1 aliphatic heterocycles. The van der Waals surface area contributed by atoms with Crippen LogP contribution in [0.5, 0.6) is 0 Å². The minimum absolute atomic E-state index is 0.254. The van der Waals surface area contributed by atoms with Gasteiger partial charge in [-0.3, -0.25) is 9.69 Å². The summed E-state index contributed by atoms with van der Waals surface area (Å²) in [6.45, 7) is 5.57. The van der Waals surface area contributed by atoms with Gasteiger partial charge in [0, 0.05) is 18.0 Å². The van der Waals surface area contributed by atoms with Gasteiger partial charge in [0.15, 0.2) is 5.78 Å². The van der Waals surface area contributed by atoms with Crippen LogP contribution < -0.4 is 0 Å². The smallest absolute Gasteiger partial charge is 0.166 e. The Morgan fingerprint density at radius 2 is 1.86 bits per heavy atom. The zero-order valence-electron chi connectivity index (χ0n) is 17.0. The fraction of sp³-hybridized carbons (Fsp3) is 0.500. The summed E-state index contributed by atoms with van der Waals surface area (Å²) in [6, 6.07) is 15.3. The van der Waals surface area contributed by atoms with E-state index in [2.05, 4.69) is 54.3 Å². The van der Waals surface area contributed by atoms with E-state index in [0.29, 0.717) is 17.6 Å². The molecule has 2 nitrogen and oxygen atoms in total. The van der Waals surface area contributed by atoms with Crippen LogP contribution in [-0.4, -0.2) is 23.8 Å². The summed E-state index contributed by atoms with van der Waals surface area (Å²) in [5, 5.41) is 0. The number of rotatable bonds is 4. The number of Topliss-reactive ketones (excluding diaryl/α,β-unsaturated/α-hetero) is 1. The van der Waals surface area contributed by atoms with Crippen molar-refractivity contribution in [1.29, 1.82) is 0 Å². The van der Waals surface area contributed by atoms with Gasteiger partial charge < -0.3 is 0 Å². The number of hydrogen-bond acceptors (Lipinski definition) is 2. The molecule has 2 aliphatic carbocycles. The summed E-state index contributed by atoms with van der Waals surface area (Å²) in [5.41, 5.74) is 6.72. The maximum absolute atomic E-state index is 13.1. The molecule has 1 saturated heterocycles. The lowest BCUT2D eigenvalue weighted by Gasteiger charge is -2.34. The van der Waals surface area contributed by atoms with Crippen LogP contribution in [0.1, 0.15) is 70.6 Å². The van der Waals surface area contributed by atoms with Gasteiger partial charge in [0.05, 0.1) is 0 Å². The van der Waals surface area contributed by atoms with Gasteiger partial charge in [-0.05, 0) is 87.1 Å². The lowest BCUT2D eigenvalue weighted by molar-refractivity contribution is 0.0870. The molecule has 2 heteroatoms. The Kier molecular flexibility index (Phi) is 4.84. The molecule has 3 aliphatic rings. The third-order valence-electron chi connectivity index (χ3n) is 7.40. The van der Waals surface area contributed by atoms with E-state index in [1.54, 1.807) is 0 Å². The summed E-state index contributed by atoms with van der Waals surface area (Å²) < 4.78 is 0. The van der Waals surface area contributed by atoms with Crippen molar-refractivity contribution < 1.29 is 4.79 Å². The number of benzene rings is 2. The van der Waals surface area contributed by atoms with Crippen molar-refractivity contribution >= 4 is 5.78 Å². The van der Waals surface area contributed by atoms with Crippen LogP contribution in [0, 0.1) is 18.8 Å². The second-order valence-electron chi connectivity index (χ2n) is 9.29. The summed E-state index contributed by atoms with van der Waals surface area (Å²) in [6.07, 6.45) is 7.22. The van der Waals surface area contributed by atoms with Gasteiger partial charge in [0.25, 0.3) is 0 Å². The maximum atomic E-state index is 13.1. The van der Waals surface area contributed by atoms with Crippen molar-refractivity contribution in [3.8, 4) is 0 Å². The molecule has 0 aromatic heterocycles. The van der Waals surface area contributed by atoms with Gasteiger partial charge in [-0.1, -0.05) is 48.0 Å². The van der Waals surface area contributed by atoms with Crippen LogP contribution in [0.2, 0.25) is 0 Å². The zero-order chi connectivity index (χ0) is 19.1. The van der Waals surface area contributed by atoms with E-state index < -0.39 is 0 Å². The van der Waals surface area contributed by atoms with Gasteiger partial charge >= 0.3 is 0 Å². The Labute approximate surface area is 169 Å². The highest BCUT2D eigenvalue weighted by molar-refractivity contribution is 6.03. The maximum Gasteiger partial charge on any atom is 0.166 e. The number of piperidine rings is 1. The highest BCUT2D eigenvalue weighted by atomic mass is 16.1. The fourth-order valence-electron chi connectivity index (χ4n) is 6.00. The minimum Gasteiger partial charge on any atom is -0.299 e. The van der Waals surface area contributed by atoms with E-state index in [0.717, 1.165) is 24.9 Å². The number of nitrogens with zero attached hydrogens (tertiary/aromatic N) is 1.